The second-order valence-corrected chi connectivity index (χ2v) is 23.8. The van der Waals surface area contributed by atoms with Gasteiger partial charge in [-0.2, -0.15) is 18.2 Å². The van der Waals surface area contributed by atoms with Crippen molar-refractivity contribution in [3.05, 3.63) is 77.2 Å². The number of benzene rings is 2. The van der Waals surface area contributed by atoms with Crippen LogP contribution in [0.2, 0.25) is 0 Å². The second kappa shape index (κ2) is 26.2. The average Bonchev–Trinajstić information content (AvgIpc) is 3.70. The highest BCUT2D eigenvalue weighted by Gasteiger charge is 2.53. The Labute approximate surface area is 473 Å². The van der Waals surface area contributed by atoms with Gasteiger partial charge in [0.2, 0.25) is 17.8 Å². The summed E-state index contributed by atoms with van der Waals surface area (Å²) in [4.78, 5) is 61.0. The number of aliphatic hydroxyl groups is 2. The predicted molar refractivity (Wildman–Crippen MR) is 299 cm³/mol. The summed E-state index contributed by atoms with van der Waals surface area (Å²) in [5.41, 5.74) is 5.28. The quantitative estimate of drug-likeness (QED) is 0.0306. The number of fused-ring (bicyclic) bond motifs is 1. The summed E-state index contributed by atoms with van der Waals surface area (Å²) in [6.45, 7) is 14.0. The minimum Gasteiger partial charge on any atom is -0.491 e. The number of halogens is 4. The first kappa shape index (κ1) is 59.8. The third kappa shape index (κ3) is 15.6. The van der Waals surface area contributed by atoms with Crippen LogP contribution in [-0.2, 0) is 36.9 Å². The Morgan fingerprint density at radius 1 is 0.877 bits per heavy atom. The predicted octanol–water partition coefficient (Wildman–Crippen LogP) is 7.21. The highest BCUT2D eigenvalue weighted by molar-refractivity contribution is 7.13. The van der Waals surface area contributed by atoms with Crippen molar-refractivity contribution >= 4 is 46.0 Å². The number of rotatable bonds is 24. The van der Waals surface area contributed by atoms with Gasteiger partial charge in [0.15, 0.2) is 5.67 Å². The zero-order valence-corrected chi connectivity index (χ0v) is 47.4. The van der Waals surface area contributed by atoms with Crippen molar-refractivity contribution in [1.82, 2.24) is 44.9 Å². The molecule has 4 aliphatic rings. The summed E-state index contributed by atoms with van der Waals surface area (Å²) >= 11 is 1.51. The van der Waals surface area contributed by atoms with Crippen LogP contribution in [0.15, 0.2) is 60.4 Å². The number of β-amino-alcohol motifs (C(OH)–C–C–N with tert-alkyl or cyclic N) is 1. The number of nitrogens with zero attached hydrogens (tertiary/aromatic N) is 7. The number of carbonyl (C=O) groups is 3. The second-order valence-electron chi connectivity index (χ2n) is 23.0. The Morgan fingerprint density at radius 3 is 2.25 bits per heavy atom. The molecule has 2 aromatic carbocycles. The van der Waals surface area contributed by atoms with Gasteiger partial charge in [0.1, 0.15) is 30.1 Å². The van der Waals surface area contributed by atoms with Gasteiger partial charge >= 0.3 is 6.18 Å². The standard InChI is InChI=1S/C58H76F4N10O8S/c1-37-49(81-36-66-37)40-9-10-41(31-64-52(75)47-30-44(74)34-72(47)53(76)50(56(2,3)4)67-54(77)57(59)15-16-57)48(29-40)80-28-27-79-26-25-78-24-23-69-19-21-70(22-20-69)33-38-5-7-39(8-6-38)46-35-71(42-11-13-43(73)14-12-42)51-45(46)32-65-55(68-51)63-18-17-58(60,61)62/h5-10,29,32,35-36,42-44,47,50,73-74H,11-28,30-31,33-34H2,1-4H3,(H,64,75)(H,67,77)(H,63,65,68)/t42?,43?,44-,47+,50-/m1/s1. The lowest BCUT2D eigenvalue weighted by Crippen LogP contribution is -2.59. The van der Waals surface area contributed by atoms with Crippen LogP contribution in [0.4, 0.5) is 23.5 Å². The van der Waals surface area contributed by atoms with Gasteiger partial charge in [0, 0.05) is 100 Å². The van der Waals surface area contributed by atoms with Crippen LogP contribution in [0.5, 0.6) is 5.75 Å². The first-order valence-corrected chi connectivity index (χ1v) is 29.1. The summed E-state index contributed by atoms with van der Waals surface area (Å²) in [7, 11) is 0. The number of alkyl halides is 4. The molecule has 18 nitrogen and oxygen atoms in total. The Morgan fingerprint density at radius 2 is 1.57 bits per heavy atom. The normalized spacial score (nSPS) is 21.0. The Kier molecular flexibility index (Phi) is 19.3. The fraction of sp³-hybridized carbons (Fsp3) is 0.586. The van der Waals surface area contributed by atoms with Gasteiger partial charge < -0.3 is 49.8 Å². The molecule has 5 N–H and O–H groups in total. The molecule has 3 amide bonds. The molecule has 0 radical (unpaired) electrons. The number of ether oxygens (including phenoxy) is 3. The number of nitrogens with one attached hydrogen (secondary N) is 3. The van der Waals surface area contributed by atoms with E-state index in [2.05, 4.69) is 75.7 Å². The molecule has 5 aromatic rings. The number of thiazole rings is 1. The maximum Gasteiger partial charge on any atom is 0.390 e. The number of hydrogen-bond donors (Lipinski definition) is 5. The van der Waals surface area contributed by atoms with E-state index < -0.39 is 59.6 Å². The van der Waals surface area contributed by atoms with Crippen molar-refractivity contribution in [2.75, 3.05) is 84.2 Å². The minimum absolute atomic E-state index is 0.0109. The van der Waals surface area contributed by atoms with E-state index in [0.717, 1.165) is 84.8 Å². The monoisotopic (exact) mass is 1150 g/mol. The number of likely N-dealkylation sites (tertiary alicyclic amines) is 1. The van der Waals surface area contributed by atoms with Crippen LogP contribution in [0.3, 0.4) is 0 Å². The molecule has 2 saturated carbocycles. The van der Waals surface area contributed by atoms with Crippen molar-refractivity contribution < 1.29 is 56.4 Å². The smallest absolute Gasteiger partial charge is 0.390 e. The Balaban J connectivity index is 0.697. The molecule has 2 saturated heterocycles. The first-order valence-electron chi connectivity index (χ1n) is 28.2. The molecule has 0 unspecified atom stereocenters. The van der Waals surface area contributed by atoms with Crippen molar-refractivity contribution in [3.8, 4) is 27.3 Å². The van der Waals surface area contributed by atoms with Crippen molar-refractivity contribution in [2.45, 2.75) is 134 Å². The summed E-state index contributed by atoms with van der Waals surface area (Å²) in [5.74, 6) is -1.17. The van der Waals surface area contributed by atoms with Crippen LogP contribution in [0, 0.1) is 12.3 Å². The summed E-state index contributed by atoms with van der Waals surface area (Å²) in [6.07, 6.45) is 0.328. The van der Waals surface area contributed by atoms with Gasteiger partial charge in [0.25, 0.3) is 5.91 Å². The molecule has 23 heteroatoms. The third-order valence-corrected chi connectivity index (χ3v) is 16.7. The average molecular weight is 1150 g/mol. The van der Waals surface area contributed by atoms with Crippen LogP contribution in [-0.4, -0.2) is 177 Å². The van der Waals surface area contributed by atoms with Crippen LogP contribution in [0.25, 0.3) is 32.6 Å². The summed E-state index contributed by atoms with van der Waals surface area (Å²) in [6, 6.07) is 12.2. The molecular weight excluding hydrogens is 1070 g/mol. The van der Waals surface area contributed by atoms with E-state index in [0.29, 0.717) is 56.2 Å². The number of amides is 3. The van der Waals surface area contributed by atoms with Crippen LogP contribution >= 0.6 is 11.3 Å². The number of piperazine rings is 1. The fourth-order valence-corrected chi connectivity index (χ4v) is 11.6. The Bertz CT molecular complexity index is 2930. The number of anilines is 1. The number of hydrogen-bond acceptors (Lipinski definition) is 15. The van der Waals surface area contributed by atoms with Gasteiger partial charge in [-0.3, -0.25) is 24.2 Å². The SMILES string of the molecule is Cc1ncsc1-c1ccc(CNC(=O)[C@@H]2C[C@@H](O)CN2C(=O)[C@@H](NC(=O)C2(F)CC2)C(C)(C)C)c(OCCOCCOCCN2CCN(Cc3ccc(-c4cn(C5CCC(O)CC5)c5nc(NCCC(F)(F)F)ncc45)cc3)CC2)c1. The zero-order chi connectivity index (χ0) is 57.5. The molecule has 4 fully saturated rings. The van der Waals surface area contributed by atoms with E-state index in [4.69, 9.17) is 14.2 Å². The van der Waals surface area contributed by atoms with Crippen LogP contribution in [0.1, 0.15) is 95.0 Å². The molecule has 3 atom stereocenters. The number of aryl methyl sites for hydroxylation is 1. The number of carbonyl (C=O) groups excluding carboxylic acids is 3. The molecular formula is C58H76F4N10O8S. The van der Waals surface area contributed by atoms with E-state index >= 15 is 0 Å². The van der Waals surface area contributed by atoms with Gasteiger partial charge in [-0.15, -0.1) is 11.3 Å². The zero-order valence-electron chi connectivity index (χ0n) is 46.6. The van der Waals surface area contributed by atoms with Gasteiger partial charge in [-0.25, -0.2) is 14.4 Å². The lowest BCUT2D eigenvalue weighted by atomic mass is 9.85. The fourth-order valence-electron chi connectivity index (χ4n) is 10.8. The van der Waals surface area contributed by atoms with Gasteiger partial charge in [0.05, 0.1) is 61.1 Å². The first-order chi connectivity index (χ1) is 38.7. The van der Waals surface area contributed by atoms with Gasteiger partial charge in [-0.05, 0) is 73.6 Å². The lowest BCUT2D eigenvalue weighted by Gasteiger charge is -2.35. The molecule has 3 aromatic heterocycles. The van der Waals surface area contributed by atoms with Gasteiger partial charge in [-0.1, -0.05) is 57.2 Å². The van der Waals surface area contributed by atoms with E-state index in [1.165, 1.54) is 21.8 Å². The third-order valence-electron chi connectivity index (χ3n) is 15.7. The van der Waals surface area contributed by atoms with E-state index in [1.54, 1.807) is 32.5 Å². The number of aliphatic hydroxyl groups excluding tert-OH is 2. The molecule has 2 aliphatic heterocycles. The molecule has 9 rings (SSSR count). The maximum atomic E-state index is 14.7. The topological polar surface area (TPSA) is 209 Å². The highest BCUT2D eigenvalue weighted by atomic mass is 32.1. The molecule has 0 spiro atoms. The van der Waals surface area contributed by atoms with E-state index in [1.807, 2.05) is 25.1 Å². The maximum absolute atomic E-state index is 14.7. The number of aromatic nitrogens is 4. The molecule has 0 bridgehead atoms. The molecule has 440 valence electrons. The van der Waals surface area contributed by atoms with Crippen molar-refractivity contribution in [2.24, 2.45) is 5.41 Å². The molecule has 5 heterocycles. The Hall–Kier alpha value is -5.82. The lowest BCUT2D eigenvalue weighted by molar-refractivity contribution is -0.145. The molecule has 2 aliphatic carbocycles. The van der Waals surface area contributed by atoms with E-state index in [-0.39, 0.29) is 63.6 Å². The van der Waals surface area contributed by atoms with E-state index in [9.17, 15) is 42.2 Å². The molecule has 81 heavy (non-hydrogen) atoms. The largest absolute Gasteiger partial charge is 0.491 e. The van der Waals surface area contributed by atoms with Crippen LogP contribution < -0.4 is 20.7 Å². The summed E-state index contributed by atoms with van der Waals surface area (Å²) in [5, 5.41) is 29.9. The van der Waals surface area contributed by atoms with Crippen molar-refractivity contribution in [3.63, 3.8) is 0 Å². The minimum atomic E-state index is -4.28. The summed E-state index contributed by atoms with van der Waals surface area (Å²) < 4.78 is 73.4. The highest BCUT2D eigenvalue weighted by Crippen LogP contribution is 2.41. The van der Waals surface area contributed by atoms with Crippen molar-refractivity contribution in [1.29, 1.82) is 0 Å².